The van der Waals surface area contributed by atoms with Gasteiger partial charge in [-0.15, -0.1) is 0 Å². The summed E-state index contributed by atoms with van der Waals surface area (Å²) in [7, 11) is -3.80. The van der Waals surface area contributed by atoms with Gasteiger partial charge in [-0.25, -0.2) is 8.42 Å². The number of benzene rings is 1. The third kappa shape index (κ3) is 3.54. The summed E-state index contributed by atoms with van der Waals surface area (Å²) < 4.78 is 65.4. The molecule has 5 rings (SSSR count). The van der Waals surface area contributed by atoms with E-state index in [4.69, 9.17) is 0 Å². The lowest BCUT2D eigenvalue weighted by molar-refractivity contribution is -0.137. The molecule has 1 aromatic carbocycles. The molecule has 5 nitrogen and oxygen atoms in total. The lowest BCUT2D eigenvalue weighted by Gasteiger charge is -2.55. The van der Waals surface area contributed by atoms with Crippen molar-refractivity contribution in [2.45, 2.75) is 43.0 Å². The first kappa shape index (κ1) is 19.4. The molecule has 28 heavy (non-hydrogen) atoms. The molecule has 2 aromatic rings. The molecule has 4 heterocycles. The summed E-state index contributed by atoms with van der Waals surface area (Å²) in [5, 5.41) is 0. The van der Waals surface area contributed by atoms with Crippen molar-refractivity contribution in [3.05, 3.63) is 59.4 Å². The number of hydrogen-bond donors (Lipinski definition) is 0. The highest BCUT2D eigenvalue weighted by Gasteiger charge is 2.51. The molecule has 2 unspecified atom stereocenters. The van der Waals surface area contributed by atoms with E-state index in [2.05, 4.69) is 9.88 Å². The smallest absolute Gasteiger partial charge is 0.294 e. The monoisotopic (exact) mass is 411 g/mol. The fourth-order valence-electron chi connectivity index (χ4n) is 4.04. The summed E-state index contributed by atoms with van der Waals surface area (Å²) in [6.45, 7) is 3.76. The number of sulfonamides is 1. The minimum atomic E-state index is -4.49. The van der Waals surface area contributed by atoms with Crippen molar-refractivity contribution in [2.24, 2.45) is 0 Å². The Labute approximate surface area is 161 Å². The van der Waals surface area contributed by atoms with Gasteiger partial charge in [0, 0.05) is 37.4 Å². The predicted molar refractivity (Wildman–Crippen MR) is 96.9 cm³/mol. The number of aromatic nitrogens is 1. The van der Waals surface area contributed by atoms with Crippen molar-refractivity contribution in [1.82, 2.24) is 14.2 Å². The molecule has 9 heteroatoms. The SMILES string of the molecule is Cc1cccc(CN2CC3CC(C2)N3S(=O)(=O)c2ccc(C(F)(F)F)cc2)n1. The van der Waals surface area contributed by atoms with E-state index in [9.17, 15) is 21.6 Å². The Morgan fingerprint density at radius 1 is 1.07 bits per heavy atom. The Morgan fingerprint density at radius 2 is 1.71 bits per heavy atom. The maximum atomic E-state index is 12.9. The van der Waals surface area contributed by atoms with Crippen LogP contribution in [0.15, 0.2) is 47.4 Å². The predicted octanol–water partition coefficient (Wildman–Crippen LogP) is 3.06. The van der Waals surface area contributed by atoms with Crippen LogP contribution in [-0.4, -0.2) is 47.8 Å². The van der Waals surface area contributed by atoms with Gasteiger partial charge >= 0.3 is 6.18 Å². The molecule has 0 aliphatic carbocycles. The second-order valence-electron chi connectivity index (χ2n) is 7.36. The Hall–Kier alpha value is -1.97. The van der Waals surface area contributed by atoms with Crippen LogP contribution in [0.5, 0.6) is 0 Å². The highest BCUT2D eigenvalue weighted by atomic mass is 32.2. The zero-order valence-corrected chi connectivity index (χ0v) is 16.0. The van der Waals surface area contributed by atoms with Crippen LogP contribution in [0.4, 0.5) is 13.2 Å². The third-order valence-electron chi connectivity index (χ3n) is 5.29. The van der Waals surface area contributed by atoms with Crippen LogP contribution in [0.2, 0.25) is 0 Å². The highest BCUT2D eigenvalue weighted by Crippen LogP contribution is 2.38. The van der Waals surface area contributed by atoms with Gasteiger partial charge in [-0.2, -0.15) is 17.5 Å². The van der Waals surface area contributed by atoms with Gasteiger partial charge in [0.1, 0.15) is 0 Å². The summed E-state index contributed by atoms with van der Waals surface area (Å²) in [6.07, 6.45) is -3.71. The van der Waals surface area contributed by atoms with Crippen molar-refractivity contribution in [3.63, 3.8) is 0 Å². The molecular weight excluding hydrogens is 391 g/mol. The molecular formula is C19H20F3N3O2S. The largest absolute Gasteiger partial charge is 0.416 e. The van der Waals surface area contributed by atoms with Gasteiger partial charge in [-0.05, 0) is 49.7 Å². The van der Waals surface area contributed by atoms with Gasteiger partial charge in [0.25, 0.3) is 0 Å². The molecule has 3 fully saturated rings. The first-order valence-corrected chi connectivity index (χ1v) is 10.4. The molecule has 0 radical (unpaired) electrons. The molecule has 3 saturated heterocycles. The van der Waals surface area contributed by atoms with E-state index in [-0.39, 0.29) is 17.0 Å². The number of pyridine rings is 1. The third-order valence-corrected chi connectivity index (χ3v) is 7.31. The molecule has 1 aromatic heterocycles. The molecule has 2 atom stereocenters. The zero-order valence-electron chi connectivity index (χ0n) is 15.2. The average molecular weight is 411 g/mol. The molecule has 0 spiro atoms. The van der Waals surface area contributed by atoms with Crippen molar-refractivity contribution >= 4 is 10.0 Å². The van der Waals surface area contributed by atoms with Gasteiger partial charge in [-0.3, -0.25) is 9.88 Å². The number of aryl methyl sites for hydroxylation is 1. The molecule has 0 N–H and O–H groups in total. The Morgan fingerprint density at radius 3 is 2.29 bits per heavy atom. The van der Waals surface area contributed by atoms with E-state index in [1.807, 2.05) is 25.1 Å². The van der Waals surface area contributed by atoms with E-state index >= 15 is 0 Å². The van der Waals surface area contributed by atoms with Crippen LogP contribution in [0.1, 0.15) is 23.4 Å². The van der Waals surface area contributed by atoms with Gasteiger partial charge in [-0.1, -0.05) is 6.07 Å². The topological polar surface area (TPSA) is 53.5 Å². The van der Waals surface area contributed by atoms with Crippen LogP contribution in [0, 0.1) is 6.92 Å². The Bertz CT molecular complexity index is 965. The first-order valence-electron chi connectivity index (χ1n) is 9.00. The number of piperazine rings is 1. The number of piperidine rings is 1. The second kappa shape index (κ2) is 6.82. The lowest BCUT2D eigenvalue weighted by Crippen LogP contribution is -2.69. The average Bonchev–Trinajstić information content (AvgIpc) is 2.60. The molecule has 150 valence electrons. The van der Waals surface area contributed by atoms with Crippen molar-refractivity contribution < 1.29 is 21.6 Å². The van der Waals surface area contributed by atoms with Crippen molar-refractivity contribution in [1.29, 1.82) is 0 Å². The van der Waals surface area contributed by atoms with E-state index in [0.29, 0.717) is 19.6 Å². The minimum absolute atomic E-state index is 0.0935. The number of fused-ring (bicyclic) bond motifs is 2. The fourth-order valence-corrected chi connectivity index (χ4v) is 5.85. The normalized spacial score (nSPS) is 23.4. The number of alkyl halides is 3. The van der Waals surface area contributed by atoms with Crippen LogP contribution in [0.25, 0.3) is 0 Å². The van der Waals surface area contributed by atoms with Gasteiger partial charge in [0.05, 0.1) is 16.2 Å². The van der Waals surface area contributed by atoms with Crippen LogP contribution < -0.4 is 0 Å². The van der Waals surface area contributed by atoms with Crippen LogP contribution >= 0.6 is 0 Å². The van der Waals surface area contributed by atoms with Gasteiger partial charge in [0.2, 0.25) is 10.0 Å². The summed E-state index contributed by atoms with van der Waals surface area (Å²) in [4.78, 5) is 6.57. The molecule has 0 saturated carbocycles. The second-order valence-corrected chi connectivity index (χ2v) is 9.21. The molecule has 3 aliphatic heterocycles. The zero-order chi connectivity index (χ0) is 20.1. The number of halogens is 3. The first-order chi connectivity index (χ1) is 13.1. The molecule has 2 bridgehead atoms. The van der Waals surface area contributed by atoms with Crippen LogP contribution in [0.3, 0.4) is 0 Å². The fraction of sp³-hybridized carbons (Fsp3) is 0.421. The van der Waals surface area contributed by atoms with E-state index in [0.717, 1.165) is 42.1 Å². The summed E-state index contributed by atoms with van der Waals surface area (Å²) in [5.41, 5.74) is 1.02. The quantitative estimate of drug-likeness (QED) is 0.776. The van der Waals surface area contributed by atoms with Crippen LogP contribution in [-0.2, 0) is 22.7 Å². The number of nitrogens with zero attached hydrogens (tertiary/aromatic N) is 3. The number of rotatable bonds is 4. The summed E-state index contributed by atoms with van der Waals surface area (Å²) >= 11 is 0. The van der Waals surface area contributed by atoms with E-state index < -0.39 is 21.8 Å². The Kier molecular flexibility index (Phi) is 4.71. The standard InChI is InChI=1S/C19H20F3N3O2S/c1-13-3-2-4-15(23-13)10-24-11-16-9-17(12-24)25(16)28(26,27)18-7-5-14(6-8-18)19(20,21)22/h2-8,16-17H,9-12H2,1H3. The number of hydrogen-bond acceptors (Lipinski definition) is 4. The van der Waals surface area contributed by atoms with Gasteiger partial charge in [0.15, 0.2) is 0 Å². The summed E-state index contributed by atoms with van der Waals surface area (Å²) in [5.74, 6) is 0. The minimum Gasteiger partial charge on any atom is -0.294 e. The van der Waals surface area contributed by atoms with Crippen molar-refractivity contribution in [3.8, 4) is 0 Å². The molecule has 3 aliphatic rings. The maximum Gasteiger partial charge on any atom is 0.416 e. The maximum absolute atomic E-state index is 12.9. The van der Waals surface area contributed by atoms with E-state index in [1.165, 1.54) is 4.31 Å². The van der Waals surface area contributed by atoms with Crippen molar-refractivity contribution in [2.75, 3.05) is 13.1 Å². The van der Waals surface area contributed by atoms with E-state index in [1.54, 1.807) is 0 Å². The lowest BCUT2D eigenvalue weighted by atomic mass is 9.91. The van der Waals surface area contributed by atoms with Gasteiger partial charge < -0.3 is 0 Å². The Balaban J connectivity index is 1.46. The summed E-state index contributed by atoms with van der Waals surface area (Å²) in [6, 6.07) is 9.23. The molecule has 0 amide bonds. The highest BCUT2D eigenvalue weighted by molar-refractivity contribution is 7.89.